The highest BCUT2D eigenvalue weighted by Gasteiger charge is 2.30. The van der Waals surface area contributed by atoms with Crippen LogP contribution in [-0.4, -0.2) is 126 Å². The van der Waals surface area contributed by atoms with Gasteiger partial charge in [-0.1, -0.05) is 122 Å². The van der Waals surface area contributed by atoms with E-state index in [2.05, 4.69) is 76.7 Å². The van der Waals surface area contributed by atoms with Crippen LogP contribution in [0.5, 0.6) is 0 Å². The van der Waals surface area contributed by atoms with Gasteiger partial charge in [-0.15, -0.1) is 5.10 Å². The third-order valence-electron chi connectivity index (χ3n) is 12.8. The molecule has 0 saturated carbocycles. The summed E-state index contributed by atoms with van der Waals surface area (Å²) >= 11 is 0. The van der Waals surface area contributed by atoms with Crippen molar-refractivity contribution in [1.82, 2.24) is 41.2 Å². The molecule has 7 amide bonds. The number of anilines is 2. The zero-order chi connectivity index (χ0) is 61.5. The van der Waals surface area contributed by atoms with E-state index in [0.717, 1.165) is 58.5 Å². The molecule has 1 unspecified atom stereocenters. The van der Waals surface area contributed by atoms with Crippen LogP contribution in [0.1, 0.15) is 138 Å². The van der Waals surface area contributed by atoms with Crippen molar-refractivity contribution in [2.45, 2.75) is 146 Å². The number of rotatable bonds is 25. The van der Waals surface area contributed by atoms with Gasteiger partial charge in [-0.25, -0.2) is 9.48 Å². The van der Waals surface area contributed by atoms with Gasteiger partial charge >= 0.3 is 12.0 Å². The van der Waals surface area contributed by atoms with Gasteiger partial charge in [-0.2, -0.15) is 0 Å². The van der Waals surface area contributed by atoms with Gasteiger partial charge < -0.3 is 56.8 Å². The van der Waals surface area contributed by atoms with Crippen molar-refractivity contribution in [1.29, 1.82) is 0 Å². The molecule has 8 N–H and O–H groups in total. The minimum Gasteiger partial charge on any atom is -0.461 e. The number of nitrogens with one attached hydrogen (secondary N) is 5. The first kappa shape index (κ1) is 70.6. The summed E-state index contributed by atoms with van der Waals surface area (Å²) in [5.74, 6) is -1.27. The number of benzene rings is 3. The Morgan fingerprint density at radius 1 is 0.841 bits per heavy atom. The van der Waals surface area contributed by atoms with Crippen molar-refractivity contribution >= 4 is 59.2 Å². The highest BCUT2D eigenvalue weighted by molar-refractivity contribution is 6.00. The smallest absolute Gasteiger partial charge is 0.312 e. The van der Waals surface area contributed by atoms with E-state index in [1.807, 2.05) is 60.0 Å². The maximum atomic E-state index is 13.1. The number of aldehydes is 1. The van der Waals surface area contributed by atoms with Crippen LogP contribution in [-0.2, 0) is 51.5 Å². The fourth-order valence-corrected chi connectivity index (χ4v) is 7.76. The molecule has 21 heteroatoms. The number of carbonyl (C=O) groups excluding carboxylic acids is 8. The van der Waals surface area contributed by atoms with E-state index >= 15 is 0 Å². The van der Waals surface area contributed by atoms with Crippen LogP contribution in [0.25, 0.3) is 22.5 Å². The number of hydrogen-bond acceptors (Lipinski definition) is 13. The fraction of sp³-hybridized carbons (Fsp3) is 0.541. The first-order chi connectivity index (χ1) is 38.8. The minimum atomic E-state index is -0.803. The molecule has 0 bridgehead atoms. The Bertz CT molecular complexity index is 2650. The number of nitrogens with zero attached hydrogens (tertiary/aromatic N) is 5. The van der Waals surface area contributed by atoms with Gasteiger partial charge in [-0.05, 0) is 87.7 Å². The van der Waals surface area contributed by atoms with Crippen LogP contribution in [0.4, 0.5) is 16.2 Å². The molecule has 1 atom stereocenters. The predicted molar refractivity (Wildman–Crippen MR) is 321 cm³/mol. The molecule has 1 aromatic heterocycles. The summed E-state index contributed by atoms with van der Waals surface area (Å²) in [5, 5.41) is 30.9. The molecular formula is C61H93N11O10. The topological polar surface area (TPSA) is 289 Å². The second kappa shape index (κ2) is 36.8. The van der Waals surface area contributed by atoms with E-state index in [9.17, 15) is 38.4 Å². The Kier molecular flexibility index (Phi) is 31.6. The van der Waals surface area contributed by atoms with E-state index in [0.29, 0.717) is 57.0 Å². The molecule has 452 valence electrons. The predicted octanol–water partition coefficient (Wildman–Crippen LogP) is 7.56. The molecule has 0 radical (unpaired) electrons. The number of nitrogens with two attached hydrogens (primary N) is 1. The normalized spacial score (nSPS) is 11.8. The van der Waals surface area contributed by atoms with Crippen molar-refractivity contribution in [2.24, 2.45) is 28.9 Å². The third kappa shape index (κ3) is 25.1. The second-order valence-corrected chi connectivity index (χ2v) is 22.1. The Labute approximate surface area is 485 Å². The maximum absolute atomic E-state index is 13.1. The summed E-state index contributed by atoms with van der Waals surface area (Å²) in [6.07, 6.45) is 4.51. The lowest BCUT2D eigenvalue weighted by molar-refractivity contribution is -0.148. The summed E-state index contributed by atoms with van der Waals surface area (Å²) in [7, 11) is 3.63. The molecule has 1 aliphatic heterocycles. The Morgan fingerprint density at radius 2 is 1.49 bits per heavy atom. The van der Waals surface area contributed by atoms with Crippen LogP contribution in [0.2, 0.25) is 0 Å². The summed E-state index contributed by atoms with van der Waals surface area (Å²) in [5.41, 5.74) is 11.5. The highest BCUT2D eigenvalue weighted by Crippen LogP contribution is 2.41. The van der Waals surface area contributed by atoms with E-state index < -0.39 is 23.9 Å². The third-order valence-corrected chi connectivity index (χ3v) is 12.8. The van der Waals surface area contributed by atoms with Crippen LogP contribution in [0.15, 0.2) is 72.8 Å². The van der Waals surface area contributed by atoms with Crippen LogP contribution < -0.4 is 37.2 Å². The molecule has 5 rings (SSSR count). The maximum Gasteiger partial charge on any atom is 0.312 e. The van der Waals surface area contributed by atoms with Gasteiger partial charge in [0.15, 0.2) is 0 Å². The van der Waals surface area contributed by atoms with Crippen LogP contribution in [0.3, 0.4) is 0 Å². The average molecular weight is 1140 g/mol. The van der Waals surface area contributed by atoms with Crippen LogP contribution in [0, 0.1) is 23.2 Å². The van der Waals surface area contributed by atoms with Gasteiger partial charge in [-0.3, -0.25) is 28.8 Å². The molecule has 1 aliphatic rings. The largest absolute Gasteiger partial charge is 0.461 e. The molecule has 21 nitrogen and oxygen atoms in total. The number of fused-ring (bicyclic) bond motifs is 5. The second-order valence-electron chi connectivity index (χ2n) is 22.1. The van der Waals surface area contributed by atoms with E-state index in [1.165, 1.54) is 0 Å². The van der Waals surface area contributed by atoms with Gasteiger partial charge in [0.2, 0.25) is 29.5 Å². The summed E-state index contributed by atoms with van der Waals surface area (Å²) in [4.78, 5) is 97.9. The Morgan fingerprint density at radius 3 is 2.04 bits per heavy atom. The molecule has 0 saturated heterocycles. The van der Waals surface area contributed by atoms with Gasteiger partial charge in [0.1, 0.15) is 24.6 Å². The van der Waals surface area contributed by atoms with Crippen molar-refractivity contribution in [3.63, 3.8) is 0 Å². The van der Waals surface area contributed by atoms with E-state index in [4.69, 9.17) is 15.6 Å². The molecular weight excluding hydrogens is 1050 g/mol. The quantitative estimate of drug-likeness (QED) is 0.0249. The lowest BCUT2D eigenvalue weighted by atomic mass is 9.92. The number of aromatic nitrogens is 3. The highest BCUT2D eigenvalue weighted by atomic mass is 16.5. The van der Waals surface area contributed by atoms with Crippen molar-refractivity contribution in [3.8, 4) is 22.5 Å². The van der Waals surface area contributed by atoms with Crippen molar-refractivity contribution < 1.29 is 48.2 Å². The molecule has 3 aromatic carbocycles. The van der Waals surface area contributed by atoms with E-state index in [-0.39, 0.29) is 79.6 Å². The van der Waals surface area contributed by atoms with Crippen molar-refractivity contribution in [3.05, 3.63) is 83.9 Å². The van der Waals surface area contributed by atoms with Crippen LogP contribution >= 0.6 is 0 Å². The molecule has 0 spiro atoms. The number of aliphatic hydroxyl groups excluding tert-OH is 1. The first-order valence-electron chi connectivity index (χ1n) is 28.4. The number of hydrogen-bond donors (Lipinski definition) is 7. The number of ether oxygens (including phenoxy) is 1. The van der Waals surface area contributed by atoms with Gasteiger partial charge in [0.05, 0.1) is 30.4 Å². The molecule has 82 heavy (non-hydrogen) atoms. The number of para-hydroxylation sites is 1. The SMILES string of the molecule is CC(C)(C=O)CCO.CC(C)CCN(C)C(=O)CCCC(=O)NC(C(=O)NCC(=O)Nc1ccc(COC(=O)C(C)C)cc1)C(C)C.CCCNC(N)=O.CNCCC(=O)N1Cc2ccccc2-c2c(nnn2C(C)C)-c2ccccc21. The molecule has 0 fully saturated rings. The zero-order valence-electron chi connectivity index (χ0n) is 50.7. The Hall–Kier alpha value is -7.52. The van der Waals surface area contributed by atoms with Gasteiger partial charge in [0, 0.05) is 80.8 Å². The Balaban J connectivity index is 0.000000458. The monoisotopic (exact) mass is 1140 g/mol. The number of esters is 1. The number of urea groups is 1. The summed E-state index contributed by atoms with van der Waals surface area (Å²) in [6, 6.07) is 22.0. The minimum absolute atomic E-state index is 0.00295. The number of primary amides is 1. The van der Waals surface area contributed by atoms with Gasteiger partial charge in [0.25, 0.3) is 0 Å². The lowest BCUT2D eigenvalue weighted by Crippen LogP contribution is -2.51. The van der Waals surface area contributed by atoms with E-state index in [1.54, 1.807) is 77.8 Å². The van der Waals surface area contributed by atoms with Crippen molar-refractivity contribution in [2.75, 3.05) is 57.1 Å². The fourth-order valence-electron chi connectivity index (χ4n) is 7.76. The molecule has 4 aromatic rings. The zero-order valence-corrected chi connectivity index (χ0v) is 50.7. The number of amides is 7. The molecule has 0 aliphatic carbocycles. The number of aliphatic hydroxyl groups is 1. The lowest BCUT2D eigenvalue weighted by Gasteiger charge is -2.29. The first-order valence-corrected chi connectivity index (χ1v) is 28.4. The standard InChI is InChI=1S/C29H46N4O6.C22H25N5O.C6H12O2.C4H10N2O/c1-19(2)15-16-33(7)26(36)10-8-9-24(34)32-27(20(3)4)28(37)30-17-25(35)31-23-13-11-22(12-14-23)18-39-29(38)21(5)6;1-15(2)27-22-17-9-5-4-8-16(17)14-26(20(28)12-13-23-3)19-11-7-6-10-18(19)21(22)24-25-27;1-6(2,5-8)3-4-7;1-2-3-6-4(5)7/h11-14,19-21,27H,8-10,15-18H2,1-7H3,(H,30,37)(H,31,35)(H,32,34);4-11,15,23H,12-14H2,1-3H3;5,7H,3-4H2,1-2H3;2-3H2,1H3,(H3,5,6,7). The number of carbonyl (C=O) groups is 8. The average Bonchev–Trinajstić information content (AvgIpc) is 4.00. The molecule has 2 heterocycles. The summed E-state index contributed by atoms with van der Waals surface area (Å²) < 4.78 is 7.16. The summed E-state index contributed by atoms with van der Waals surface area (Å²) in [6.45, 7) is 23.6.